The number of nitrogens with zero attached hydrogens (tertiary/aromatic N) is 2. The van der Waals surface area contributed by atoms with E-state index in [0.29, 0.717) is 23.0 Å². The van der Waals surface area contributed by atoms with Crippen molar-refractivity contribution in [2.75, 3.05) is 0 Å². The van der Waals surface area contributed by atoms with E-state index in [0.717, 1.165) is 16.5 Å². The number of H-pyrrole nitrogens is 1. The highest BCUT2D eigenvalue weighted by Gasteiger charge is 2.11. The van der Waals surface area contributed by atoms with Gasteiger partial charge >= 0.3 is 0 Å². The number of nitrogens with one attached hydrogen (secondary N) is 1. The molecule has 5 heteroatoms. The Morgan fingerprint density at radius 1 is 1.08 bits per heavy atom. The zero-order valence-corrected chi connectivity index (χ0v) is 12.8. The van der Waals surface area contributed by atoms with Gasteiger partial charge in [0.15, 0.2) is 5.75 Å². The smallest absolute Gasteiger partial charge is 0.168 e. The molecule has 3 N–H and O–H groups in total. The van der Waals surface area contributed by atoms with Crippen molar-refractivity contribution in [1.82, 2.24) is 9.97 Å². The molecule has 0 fully saturated rings. The van der Waals surface area contributed by atoms with E-state index in [1.807, 2.05) is 24.4 Å². The highest BCUT2D eigenvalue weighted by atomic mass is 16.3. The van der Waals surface area contributed by atoms with Crippen LogP contribution in [0.15, 0.2) is 59.9 Å². The topological polar surface area (TPSA) is 81.5 Å². The van der Waals surface area contributed by atoms with Gasteiger partial charge in [0.2, 0.25) is 0 Å². The molecule has 0 saturated heterocycles. The highest BCUT2D eigenvalue weighted by molar-refractivity contribution is 5.94. The van der Waals surface area contributed by atoms with Gasteiger partial charge in [-0.2, -0.15) is 0 Å². The lowest BCUT2D eigenvalue weighted by molar-refractivity contribution is 0.470. The Morgan fingerprint density at radius 3 is 2.83 bits per heavy atom. The van der Waals surface area contributed by atoms with E-state index in [1.165, 1.54) is 6.07 Å². The summed E-state index contributed by atoms with van der Waals surface area (Å²) in [5, 5.41) is 22.0. The van der Waals surface area contributed by atoms with Crippen molar-refractivity contribution in [3.05, 3.63) is 60.4 Å². The van der Waals surface area contributed by atoms with Crippen LogP contribution in [0, 0.1) is 0 Å². The second kappa shape index (κ2) is 5.70. The minimum Gasteiger partial charge on any atom is -0.507 e. The molecule has 2 aromatic carbocycles. The van der Waals surface area contributed by atoms with Crippen molar-refractivity contribution >= 4 is 33.7 Å². The van der Waals surface area contributed by atoms with Crippen LogP contribution in [0.25, 0.3) is 21.8 Å². The van der Waals surface area contributed by atoms with Crippen LogP contribution in [0.2, 0.25) is 0 Å². The van der Waals surface area contributed by atoms with Gasteiger partial charge in [0.1, 0.15) is 17.0 Å². The minimum absolute atomic E-state index is 0.0291. The van der Waals surface area contributed by atoms with Gasteiger partial charge in [-0.1, -0.05) is 18.2 Å². The van der Waals surface area contributed by atoms with E-state index in [1.54, 1.807) is 24.5 Å². The summed E-state index contributed by atoms with van der Waals surface area (Å²) < 4.78 is 0. The number of fused-ring (bicyclic) bond motifs is 2. The summed E-state index contributed by atoms with van der Waals surface area (Å²) in [7, 11) is 0. The molecule has 118 valence electrons. The third-order valence-corrected chi connectivity index (χ3v) is 4.04. The van der Waals surface area contributed by atoms with E-state index >= 15 is 0 Å². The Kier molecular flexibility index (Phi) is 3.39. The first-order valence-corrected chi connectivity index (χ1v) is 7.61. The lowest BCUT2D eigenvalue weighted by Crippen LogP contribution is -1.85. The average Bonchev–Trinajstić information content (AvgIpc) is 3.03. The molecule has 0 bridgehead atoms. The fourth-order valence-corrected chi connectivity index (χ4v) is 2.84. The molecule has 0 aliphatic rings. The Morgan fingerprint density at radius 2 is 1.92 bits per heavy atom. The van der Waals surface area contributed by atoms with Crippen LogP contribution < -0.4 is 0 Å². The fraction of sp³-hybridized carbons (Fsp3) is 0.0526. The second-order valence-corrected chi connectivity index (χ2v) is 5.54. The largest absolute Gasteiger partial charge is 0.507 e. The number of hydrogen-bond donors (Lipinski definition) is 3. The van der Waals surface area contributed by atoms with Gasteiger partial charge < -0.3 is 15.2 Å². The maximum absolute atomic E-state index is 10.3. The Labute approximate surface area is 137 Å². The monoisotopic (exact) mass is 317 g/mol. The molecule has 0 aliphatic carbocycles. The number of benzene rings is 2. The van der Waals surface area contributed by atoms with E-state index in [4.69, 9.17) is 0 Å². The summed E-state index contributed by atoms with van der Waals surface area (Å²) in [4.78, 5) is 11.6. The minimum atomic E-state index is -0.0291. The molecule has 24 heavy (non-hydrogen) atoms. The van der Waals surface area contributed by atoms with Crippen molar-refractivity contribution in [3.63, 3.8) is 0 Å². The van der Waals surface area contributed by atoms with Crippen LogP contribution in [-0.2, 0) is 6.42 Å². The summed E-state index contributed by atoms with van der Waals surface area (Å²) in [6.45, 7) is 0. The lowest BCUT2D eigenvalue weighted by atomic mass is 10.1. The summed E-state index contributed by atoms with van der Waals surface area (Å²) in [5.41, 5.74) is 2.85. The van der Waals surface area contributed by atoms with E-state index < -0.39 is 0 Å². The predicted octanol–water partition coefficient (Wildman–Crippen LogP) is 4.07. The van der Waals surface area contributed by atoms with Gasteiger partial charge in [-0.05, 0) is 23.8 Å². The fourth-order valence-electron chi connectivity index (χ4n) is 2.84. The molecule has 0 saturated carbocycles. The molecule has 0 amide bonds. The first kappa shape index (κ1) is 14.3. The predicted molar refractivity (Wildman–Crippen MR) is 95.2 cm³/mol. The summed E-state index contributed by atoms with van der Waals surface area (Å²) in [5.74, 6) is 0.0220. The molecule has 5 nitrogen and oxygen atoms in total. The molecule has 0 spiro atoms. The Hall–Kier alpha value is -3.34. The second-order valence-electron chi connectivity index (χ2n) is 5.54. The normalized spacial score (nSPS) is 11.7. The van der Waals surface area contributed by atoms with Gasteiger partial charge in [-0.3, -0.25) is 9.98 Å². The van der Waals surface area contributed by atoms with Crippen LogP contribution in [0.3, 0.4) is 0 Å². The molecule has 0 radical (unpaired) electrons. The van der Waals surface area contributed by atoms with E-state index in [-0.39, 0.29) is 11.5 Å². The van der Waals surface area contributed by atoms with Gasteiger partial charge in [-0.15, -0.1) is 0 Å². The molecule has 0 unspecified atom stereocenters. The van der Waals surface area contributed by atoms with Crippen molar-refractivity contribution in [1.29, 1.82) is 0 Å². The van der Waals surface area contributed by atoms with Crippen LogP contribution in [0.5, 0.6) is 11.5 Å². The SMILES string of the molecule is Oc1cc(N=CCc2c[nH]c3ccccc23)c(O)c2ncccc12. The number of aromatic amines is 1. The first-order valence-electron chi connectivity index (χ1n) is 7.61. The number of pyridine rings is 1. The van der Waals surface area contributed by atoms with Gasteiger partial charge in [0, 0.05) is 47.4 Å². The highest BCUT2D eigenvalue weighted by Crippen LogP contribution is 2.38. The zero-order chi connectivity index (χ0) is 16.5. The van der Waals surface area contributed by atoms with Crippen molar-refractivity contribution < 1.29 is 10.2 Å². The van der Waals surface area contributed by atoms with Crippen molar-refractivity contribution in [3.8, 4) is 11.5 Å². The maximum atomic E-state index is 10.3. The standard InChI is InChI=1S/C19H15N3O2/c23-17-10-16(19(24)18-14(17)5-3-8-21-18)20-9-7-12-11-22-15-6-2-1-4-13(12)15/h1-6,8-11,22-24H,7H2. The molecule has 0 atom stereocenters. The molecule has 4 rings (SSSR count). The molecular weight excluding hydrogens is 302 g/mol. The number of aromatic nitrogens is 2. The number of aromatic hydroxyl groups is 2. The van der Waals surface area contributed by atoms with Gasteiger partial charge in [-0.25, -0.2) is 0 Å². The van der Waals surface area contributed by atoms with Crippen LogP contribution in [0.4, 0.5) is 5.69 Å². The van der Waals surface area contributed by atoms with Crippen LogP contribution >= 0.6 is 0 Å². The molecule has 2 heterocycles. The first-order chi connectivity index (χ1) is 11.7. The molecule has 4 aromatic rings. The molecule has 2 aromatic heterocycles. The van der Waals surface area contributed by atoms with Crippen LogP contribution in [-0.4, -0.2) is 26.4 Å². The molecular formula is C19H15N3O2. The number of aliphatic imine (C=N–C) groups is 1. The summed E-state index contributed by atoms with van der Waals surface area (Å²) >= 11 is 0. The summed E-state index contributed by atoms with van der Waals surface area (Å²) in [6.07, 6.45) is 5.86. The zero-order valence-electron chi connectivity index (χ0n) is 12.8. The summed E-state index contributed by atoms with van der Waals surface area (Å²) in [6, 6.07) is 12.9. The number of rotatable bonds is 3. The number of hydrogen-bond acceptors (Lipinski definition) is 4. The molecule has 0 aliphatic heterocycles. The third kappa shape index (κ3) is 2.36. The Bertz CT molecular complexity index is 1070. The van der Waals surface area contributed by atoms with Gasteiger partial charge in [0.05, 0.1) is 0 Å². The number of phenolic OH excluding ortho intramolecular Hbond substituents is 2. The maximum Gasteiger partial charge on any atom is 0.168 e. The van der Waals surface area contributed by atoms with Crippen molar-refractivity contribution in [2.45, 2.75) is 6.42 Å². The van der Waals surface area contributed by atoms with Crippen molar-refractivity contribution in [2.24, 2.45) is 4.99 Å². The van der Waals surface area contributed by atoms with Crippen LogP contribution in [0.1, 0.15) is 5.56 Å². The van der Waals surface area contributed by atoms with E-state index in [9.17, 15) is 10.2 Å². The van der Waals surface area contributed by atoms with E-state index in [2.05, 4.69) is 21.0 Å². The number of phenols is 2. The average molecular weight is 317 g/mol. The lowest BCUT2D eigenvalue weighted by Gasteiger charge is -2.05. The quantitative estimate of drug-likeness (QED) is 0.393. The Balaban J connectivity index is 1.67. The third-order valence-electron chi connectivity index (χ3n) is 4.04. The number of para-hydroxylation sites is 1. The van der Waals surface area contributed by atoms with Gasteiger partial charge in [0.25, 0.3) is 0 Å².